The molecular formula is C9H15N4O4P. The summed E-state index contributed by atoms with van der Waals surface area (Å²) in [6.45, 7) is 1.78. The van der Waals surface area contributed by atoms with Gasteiger partial charge in [-0.15, -0.1) is 0 Å². The van der Waals surface area contributed by atoms with Gasteiger partial charge in [0, 0.05) is 6.21 Å². The van der Waals surface area contributed by atoms with Crippen molar-refractivity contribution in [2.75, 3.05) is 5.01 Å². The van der Waals surface area contributed by atoms with Crippen LogP contribution in [0.3, 0.4) is 0 Å². The third-order valence-electron chi connectivity index (χ3n) is 1.46. The molecule has 100 valence electrons. The predicted molar refractivity (Wildman–Crippen MR) is 69.3 cm³/mol. The van der Waals surface area contributed by atoms with Crippen LogP contribution in [0, 0.1) is 5.41 Å². The molecule has 0 aliphatic carbocycles. The summed E-state index contributed by atoms with van der Waals surface area (Å²) in [5.41, 5.74) is 6.14. The number of hydrazone groups is 1. The zero-order valence-electron chi connectivity index (χ0n) is 9.63. The summed E-state index contributed by atoms with van der Waals surface area (Å²) >= 11 is 0. The van der Waals surface area contributed by atoms with Gasteiger partial charge < -0.3 is 20.4 Å². The number of rotatable bonds is 2. The molecule has 0 fully saturated rings. The molecule has 9 heteroatoms. The average molecular weight is 274 g/mol. The molecular weight excluding hydrogens is 259 g/mol. The largest absolute Gasteiger partial charge is 0.466 e. The number of hydrogen-bond acceptors (Lipinski definition) is 3. The van der Waals surface area contributed by atoms with Crippen LogP contribution in [-0.4, -0.2) is 26.9 Å². The molecule has 0 radical (unpaired) electrons. The van der Waals surface area contributed by atoms with Crippen molar-refractivity contribution in [3.8, 4) is 0 Å². The fraction of sp³-hybridized carbons (Fsp3) is 0.111. The topological polar surface area (TPSA) is 143 Å². The Hall–Kier alpha value is -1.73. The van der Waals surface area contributed by atoms with Crippen molar-refractivity contribution in [2.45, 2.75) is 6.92 Å². The number of anilines is 1. The van der Waals surface area contributed by atoms with Crippen LogP contribution < -0.4 is 10.7 Å². The molecule has 0 unspecified atom stereocenters. The summed E-state index contributed by atoms with van der Waals surface area (Å²) in [7, 11) is -4.64. The molecule has 1 aromatic carbocycles. The Labute approximate surface area is 104 Å². The molecule has 18 heavy (non-hydrogen) atoms. The van der Waals surface area contributed by atoms with Crippen molar-refractivity contribution in [3.05, 3.63) is 30.3 Å². The number of phosphoric acid groups is 1. The highest BCUT2D eigenvalue weighted by molar-refractivity contribution is 7.45. The van der Waals surface area contributed by atoms with E-state index >= 15 is 0 Å². The number of benzene rings is 1. The first-order valence-electron chi connectivity index (χ1n) is 4.71. The zero-order valence-corrected chi connectivity index (χ0v) is 10.5. The van der Waals surface area contributed by atoms with E-state index in [0.29, 0.717) is 0 Å². The van der Waals surface area contributed by atoms with Gasteiger partial charge in [-0.25, -0.2) is 9.57 Å². The minimum absolute atomic E-state index is 0.0932. The lowest BCUT2D eigenvalue weighted by Crippen LogP contribution is -2.31. The van der Waals surface area contributed by atoms with Crippen LogP contribution in [0.1, 0.15) is 6.92 Å². The van der Waals surface area contributed by atoms with Gasteiger partial charge >= 0.3 is 7.82 Å². The zero-order chi connectivity index (χ0) is 14.2. The second-order valence-electron chi connectivity index (χ2n) is 2.92. The maximum Gasteiger partial charge on any atom is 0.466 e. The van der Waals surface area contributed by atoms with E-state index in [4.69, 9.17) is 30.4 Å². The smallest absolute Gasteiger partial charge is 0.368 e. The first kappa shape index (κ1) is 16.3. The van der Waals surface area contributed by atoms with Crippen molar-refractivity contribution in [2.24, 2.45) is 10.8 Å². The summed E-state index contributed by atoms with van der Waals surface area (Å²) in [6.07, 6.45) is 1.59. The molecule has 0 heterocycles. The predicted octanol–water partition coefficient (Wildman–Crippen LogP) is 0.464. The molecule has 8 nitrogen and oxygen atoms in total. The Morgan fingerprint density at radius 3 is 2.17 bits per heavy atom. The maximum absolute atomic E-state index is 8.88. The van der Waals surface area contributed by atoms with E-state index in [1.807, 2.05) is 30.3 Å². The van der Waals surface area contributed by atoms with Gasteiger partial charge in [0.25, 0.3) is 0 Å². The van der Waals surface area contributed by atoms with E-state index in [9.17, 15) is 0 Å². The molecule has 0 aliphatic heterocycles. The number of nitrogens with one attached hydrogen (secondary N) is 1. The second kappa shape index (κ2) is 7.57. The van der Waals surface area contributed by atoms with Crippen molar-refractivity contribution >= 4 is 25.7 Å². The average Bonchev–Trinajstić information content (AvgIpc) is 2.24. The van der Waals surface area contributed by atoms with E-state index in [1.54, 1.807) is 13.1 Å². The van der Waals surface area contributed by atoms with Gasteiger partial charge in [-0.1, -0.05) is 18.2 Å². The highest BCUT2D eigenvalue weighted by atomic mass is 31.2. The highest BCUT2D eigenvalue weighted by Gasteiger charge is 2.05. The lowest BCUT2D eigenvalue weighted by atomic mass is 10.3. The number of nitrogens with two attached hydrogens (primary N) is 1. The third-order valence-corrected chi connectivity index (χ3v) is 1.46. The van der Waals surface area contributed by atoms with Crippen LogP contribution in [0.4, 0.5) is 5.69 Å². The number of hydrogen-bond donors (Lipinski definition) is 5. The first-order valence-corrected chi connectivity index (χ1v) is 6.28. The molecule has 0 atom stereocenters. The molecule has 0 saturated carbocycles. The molecule has 0 saturated heterocycles. The van der Waals surface area contributed by atoms with Crippen molar-refractivity contribution in [1.29, 1.82) is 5.41 Å². The first-order chi connectivity index (χ1) is 8.25. The van der Waals surface area contributed by atoms with Crippen molar-refractivity contribution in [3.63, 3.8) is 0 Å². The van der Waals surface area contributed by atoms with Gasteiger partial charge in [-0.2, -0.15) is 5.10 Å². The fourth-order valence-electron chi connectivity index (χ4n) is 0.953. The molecule has 0 aliphatic rings. The quantitative estimate of drug-likeness (QED) is 0.229. The standard InChI is InChI=1S/C9H12N4.H3O4P/c1-2-12-13(9(10)11)8-6-4-3-5-7-8;1-5(2,3)4/h2-7H,1H3,(H3,10,11);(H3,1,2,3,4). The van der Waals surface area contributed by atoms with Crippen LogP contribution in [0.15, 0.2) is 35.4 Å². The van der Waals surface area contributed by atoms with E-state index in [-0.39, 0.29) is 5.96 Å². The minimum Gasteiger partial charge on any atom is -0.368 e. The van der Waals surface area contributed by atoms with Gasteiger partial charge in [0.1, 0.15) is 0 Å². The molecule has 0 spiro atoms. The van der Waals surface area contributed by atoms with Crippen molar-refractivity contribution in [1.82, 2.24) is 0 Å². The highest BCUT2D eigenvalue weighted by Crippen LogP contribution is 2.25. The normalized spacial score (nSPS) is 10.7. The maximum atomic E-state index is 8.88. The fourth-order valence-corrected chi connectivity index (χ4v) is 0.953. The number of guanidine groups is 1. The Morgan fingerprint density at radius 2 is 1.83 bits per heavy atom. The lowest BCUT2D eigenvalue weighted by Gasteiger charge is -2.15. The Balaban J connectivity index is 0.000000494. The monoisotopic (exact) mass is 274 g/mol. The minimum atomic E-state index is -4.64. The van der Waals surface area contributed by atoms with E-state index < -0.39 is 7.82 Å². The summed E-state index contributed by atoms with van der Waals surface area (Å²) in [6, 6.07) is 9.33. The van der Waals surface area contributed by atoms with E-state index in [0.717, 1.165) is 5.69 Å². The van der Waals surface area contributed by atoms with Crippen LogP contribution >= 0.6 is 7.82 Å². The van der Waals surface area contributed by atoms with Gasteiger partial charge in [0.15, 0.2) is 0 Å². The number of para-hydroxylation sites is 1. The second-order valence-corrected chi connectivity index (χ2v) is 3.95. The molecule has 6 N–H and O–H groups in total. The molecule has 0 bridgehead atoms. The van der Waals surface area contributed by atoms with Crippen LogP contribution in [-0.2, 0) is 4.57 Å². The van der Waals surface area contributed by atoms with Gasteiger partial charge in [-0.05, 0) is 19.1 Å². The molecule has 0 amide bonds. The molecule has 0 aromatic heterocycles. The van der Waals surface area contributed by atoms with Gasteiger partial charge in [0.05, 0.1) is 5.69 Å². The van der Waals surface area contributed by atoms with E-state index in [2.05, 4.69) is 5.10 Å². The molecule has 1 aromatic rings. The Morgan fingerprint density at radius 1 is 1.39 bits per heavy atom. The SMILES string of the molecule is CC=NN(C(=N)N)c1ccccc1.O=P(O)(O)O. The van der Waals surface area contributed by atoms with Gasteiger partial charge in [0.2, 0.25) is 5.96 Å². The number of nitrogens with zero attached hydrogens (tertiary/aromatic N) is 2. The van der Waals surface area contributed by atoms with Gasteiger partial charge in [-0.3, -0.25) is 5.41 Å². The van der Waals surface area contributed by atoms with E-state index in [1.165, 1.54) is 5.01 Å². The summed E-state index contributed by atoms with van der Waals surface area (Å²) in [5, 5.41) is 12.6. The van der Waals surface area contributed by atoms with Crippen molar-refractivity contribution < 1.29 is 19.2 Å². The van der Waals surface area contributed by atoms with Crippen LogP contribution in [0.5, 0.6) is 0 Å². The Kier molecular flexibility index (Phi) is 6.84. The lowest BCUT2D eigenvalue weighted by molar-refractivity contribution is 0.275. The van der Waals surface area contributed by atoms with Crippen LogP contribution in [0.25, 0.3) is 0 Å². The summed E-state index contributed by atoms with van der Waals surface area (Å²) in [4.78, 5) is 21.6. The summed E-state index contributed by atoms with van der Waals surface area (Å²) < 4.78 is 8.88. The molecule has 1 rings (SSSR count). The Bertz CT molecular complexity index is 437. The third kappa shape index (κ3) is 8.43. The van der Waals surface area contributed by atoms with Crippen LogP contribution in [0.2, 0.25) is 0 Å². The summed E-state index contributed by atoms with van der Waals surface area (Å²) in [5.74, 6) is -0.0932.